The topological polar surface area (TPSA) is 17.1 Å². The van der Waals surface area contributed by atoms with Gasteiger partial charge in [-0.05, 0) is 37.0 Å². The lowest BCUT2D eigenvalue weighted by Crippen LogP contribution is -1.96. The highest BCUT2D eigenvalue weighted by atomic mass is 16.1. The van der Waals surface area contributed by atoms with Crippen LogP contribution in [-0.2, 0) is 4.79 Å². The minimum atomic E-state index is 0.140. The summed E-state index contributed by atoms with van der Waals surface area (Å²) in [5.74, 6) is 0.140. The molecule has 0 heterocycles. The second kappa shape index (κ2) is 5.97. The highest BCUT2D eigenvalue weighted by Crippen LogP contribution is 2.12. The van der Waals surface area contributed by atoms with Gasteiger partial charge in [-0.25, -0.2) is 0 Å². The smallest absolute Gasteiger partial charge is 0.155 e. The molecule has 15 heavy (non-hydrogen) atoms. The van der Waals surface area contributed by atoms with E-state index in [-0.39, 0.29) is 5.78 Å². The Morgan fingerprint density at radius 1 is 1.33 bits per heavy atom. The molecular weight excluding hydrogens is 184 g/mol. The molecule has 1 aromatic carbocycles. The van der Waals surface area contributed by atoms with Gasteiger partial charge in [-0.2, -0.15) is 0 Å². The number of hydrogen-bond acceptors (Lipinski definition) is 1. The Morgan fingerprint density at radius 2 is 2.00 bits per heavy atom. The molecule has 0 aliphatic carbocycles. The van der Waals surface area contributed by atoms with E-state index in [4.69, 9.17) is 0 Å². The van der Waals surface area contributed by atoms with Crippen molar-refractivity contribution in [3.05, 3.63) is 54.1 Å². The molecule has 0 saturated heterocycles. The van der Waals surface area contributed by atoms with Crippen LogP contribution in [0.25, 0.3) is 6.08 Å². The molecule has 0 saturated carbocycles. The summed E-state index contributed by atoms with van der Waals surface area (Å²) in [5.41, 5.74) is 1.94. The molecule has 0 amide bonds. The average Bonchev–Trinajstić information content (AvgIpc) is 2.25. The van der Waals surface area contributed by atoms with Crippen LogP contribution in [-0.4, -0.2) is 5.78 Å². The number of carbonyl (C=O) groups is 1. The maximum absolute atomic E-state index is 11.4. The summed E-state index contributed by atoms with van der Waals surface area (Å²) in [6.45, 7) is 5.27. The van der Waals surface area contributed by atoms with Crippen LogP contribution in [0.5, 0.6) is 0 Å². The van der Waals surface area contributed by atoms with Crippen molar-refractivity contribution in [2.45, 2.75) is 19.8 Å². The minimum Gasteiger partial charge on any atom is -0.295 e. The van der Waals surface area contributed by atoms with Gasteiger partial charge in [0.1, 0.15) is 0 Å². The van der Waals surface area contributed by atoms with Gasteiger partial charge in [-0.1, -0.05) is 36.4 Å². The van der Waals surface area contributed by atoms with Crippen LogP contribution in [0.1, 0.15) is 25.3 Å². The molecule has 1 heteroatoms. The van der Waals surface area contributed by atoms with E-state index >= 15 is 0 Å². The minimum absolute atomic E-state index is 0.140. The van der Waals surface area contributed by atoms with Crippen LogP contribution < -0.4 is 0 Å². The molecule has 0 unspecified atom stereocenters. The standard InChI is InChI=1S/C14H16O/c1-3-4-10-14(12(2)15)11-13-8-6-5-7-9-13/h3,5-9,11H,1,4,10H2,2H3/b14-11+. The molecule has 1 rings (SSSR count). The van der Waals surface area contributed by atoms with Gasteiger partial charge in [0, 0.05) is 0 Å². The lowest BCUT2D eigenvalue weighted by Gasteiger charge is -2.01. The largest absolute Gasteiger partial charge is 0.295 e. The van der Waals surface area contributed by atoms with Crippen molar-refractivity contribution < 1.29 is 4.79 Å². The average molecular weight is 200 g/mol. The molecule has 0 spiro atoms. The summed E-state index contributed by atoms with van der Waals surface area (Å²) in [6.07, 6.45) is 5.40. The van der Waals surface area contributed by atoms with Gasteiger partial charge in [0.05, 0.1) is 0 Å². The lowest BCUT2D eigenvalue weighted by molar-refractivity contribution is -0.113. The number of benzene rings is 1. The SMILES string of the molecule is C=CCC/C(=C\c1ccccc1)C(C)=O. The summed E-state index contributed by atoms with van der Waals surface area (Å²) in [6, 6.07) is 9.90. The summed E-state index contributed by atoms with van der Waals surface area (Å²) in [7, 11) is 0. The molecule has 1 aromatic rings. The molecule has 1 nitrogen and oxygen atoms in total. The lowest BCUT2D eigenvalue weighted by atomic mass is 10.0. The maximum atomic E-state index is 11.4. The summed E-state index contributed by atoms with van der Waals surface area (Å²) >= 11 is 0. The number of allylic oxidation sites excluding steroid dienone is 2. The van der Waals surface area contributed by atoms with E-state index in [1.54, 1.807) is 6.92 Å². The Kier molecular flexibility index (Phi) is 4.55. The first-order chi connectivity index (χ1) is 7.24. The zero-order chi connectivity index (χ0) is 11.1. The van der Waals surface area contributed by atoms with E-state index in [2.05, 4.69) is 6.58 Å². The zero-order valence-electron chi connectivity index (χ0n) is 9.07. The van der Waals surface area contributed by atoms with Crippen LogP contribution in [0.4, 0.5) is 0 Å². The second-order valence-electron chi connectivity index (χ2n) is 3.46. The third kappa shape index (κ3) is 3.94. The molecule has 0 radical (unpaired) electrons. The Hall–Kier alpha value is -1.63. The Labute approximate surface area is 91.1 Å². The molecule has 0 aliphatic rings. The van der Waals surface area contributed by atoms with E-state index in [0.29, 0.717) is 0 Å². The van der Waals surface area contributed by atoms with Crippen LogP contribution in [0.3, 0.4) is 0 Å². The molecule has 0 atom stereocenters. The quantitative estimate of drug-likeness (QED) is 0.524. The van der Waals surface area contributed by atoms with Crippen molar-refractivity contribution in [1.82, 2.24) is 0 Å². The van der Waals surface area contributed by atoms with Crippen LogP contribution in [0, 0.1) is 0 Å². The number of ketones is 1. The van der Waals surface area contributed by atoms with Gasteiger partial charge in [0.15, 0.2) is 5.78 Å². The van der Waals surface area contributed by atoms with E-state index in [1.165, 1.54) is 0 Å². The van der Waals surface area contributed by atoms with Crippen molar-refractivity contribution in [2.75, 3.05) is 0 Å². The Balaban J connectivity index is 2.84. The summed E-state index contributed by atoms with van der Waals surface area (Å²) < 4.78 is 0. The van der Waals surface area contributed by atoms with E-state index in [9.17, 15) is 4.79 Å². The normalized spacial score (nSPS) is 11.1. The molecule has 0 aliphatic heterocycles. The van der Waals surface area contributed by atoms with Crippen molar-refractivity contribution in [3.63, 3.8) is 0 Å². The fraction of sp³-hybridized carbons (Fsp3) is 0.214. The monoisotopic (exact) mass is 200 g/mol. The Bertz CT molecular complexity index is 360. The number of carbonyl (C=O) groups excluding carboxylic acids is 1. The van der Waals surface area contributed by atoms with Gasteiger partial charge in [-0.3, -0.25) is 4.79 Å². The molecule has 0 aromatic heterocycles. The van der Waals surface area contributed by atoms with Gasteiger partial charge in [0.2, 0.25) is 0 Å². The summed E-state index contributed by atoms with van der Waals surface area (Å²) in [4.78, 5) is 11.4. The first kappa shape index (κ1) is 11.4. The van der Waals surface area contributed by atoms with Gasteiger partial charge >= 0.3 is 0 Å². The maximum Gasteiger partial charge on any atom is 0.155 e. The number of Topliss-reactive ketones (excluding diaryl/α,β-unsaturated/α-hetero) is 1. The van der Waals surface area contributed by atoms with Gasteiger partial charge < -0.3 is 0 Å². The van der Waals surface area contributed by atoms with Crippen LogP contribution >= 0.6 is 0 Å². The molecule has 0 N–H and O–H groups in total. The van der Waals surface area contributed by atoms with Crippen LogP contribution in [0.15, 0.2) is 48.6 Å². The number of hydrogen-bond donors (Lipinski definition) is 0. The molecular formula is C14H16O. The fourth-order valence-electron chi connectivity index (χ4n) is 1.36. The number of rotatable bonds is 5. The van der Waals surface area contributed by atoms with Gasteiger partial charge in [0.25, 0.3) is 0 Å². The second-order valence-corrected chi connectivity index (χ2v) is 3.46. The fourth-order valence-corrected chi connectivity index (χ4v) is 1.36. The van der Waals surface area contributed by atoms with E-state index in [0.717, 1.165) is 24.0 Å². The Morgan fingerprint density at radius 3 is 2.53 bits per heavy atom. The van der Waals surface area contributed by atoms with E-state index < -0.39 is 0 Å². The predicted octanol–water partition coefficient (Wildman–Crippen LogP) is 3.63. The predicted molar refractivity (Wildman–Crippen MR) is 64.5 cm³/mol. The first-order valence-corrected chi connectivity index (χ1v) is 5.11. The van der Waals surface area contributed by atoms with E-state index in [1.807, 2.05) is 42.5 Å². The molecule has 0 fully saturated rings. The van der Waals surface area contributed by atoms with Crippen LogP contribution in [0.2, 0.25) is 0 Å². The summed E-state index contributed by atoms with van der Waals surface area (Å²) in [5, 5.41) is 0. The van der Waals surface area contributed by atoms with Gasteiger partial charge in [-0.15, -0.1) is 6.58 Å². The molecule has 78 valence electrons. The zero-order valence-corrected chi connectivity index (χ0v) is 9.07. The van der Waals surface area contributed by atoms with Crippen molar-refractivity contribution in [3.8, 4) is 0 Å². The highest BCUT2D eigenvalue weighted by Gasteiger charge is 2.02. The third-order valence-electron chi connectivity index (χ3n) is 2.21. The first-order valence-electron chi connectivity index (χ1n) is 5.11. The van der Waals surface area contributed by atoms with Crippen molar-refractivity contribution in [1.29, 1.82) is 0 Å². The van der Waals surface area contributed by atoms with Crippen molar-refractivity contribution in [2.24, 2.45) is 0 Å². The van der Waals surface area contributed by atoms with Crippen molar-refractivity contribution >= 4 is 11.9 Å². The molecule has 0 bridgehead atoms. The third-order valence-corrected chi connectivity index (χ3v) is 2.21. The highest BCUT2D eigenvalue weighted by molar-refractivity contribution is 5.97.